The van der Waals surface area contributed by atoms with Crippen LogP contribution in [0.25, 0.3) is 11.1 Å². The van der Waals surface area contributed by atoms with Crippen LogP contribution in [-0.2, 0) is 4.74 Å². The average molecular weight is 354 g/mol. The van der Waals surface area contributed by atoms with Crippen molar-refractivity contribution in [2.75, 3.05) is 6.61 Å². The smallest absolute Gasteiger partial charge is 0.349 e. The molecular formula is C20H15FO3S. The van der Waals surface area contributed by atoms with Crippen molar-refractivity contribution >= 4 is 23.1 Å². The van der Waals surface area contributed by atoms with E-state index < -0.39 is 11.8 Å². The highest BCUT2D eigenvalue weighted by Gasteiger charge is 2.18. The van der Waals surface area contributed by atoms with Gasteiger partial charge < -0.3 is 4.74 Å². The highest BCUT2D eigenvalue weighted by molar-refractivity contribution is 7.12. The normalized spacial score (nSPS) is 10.5. The fourth-order valence-electron chi connectivity index (χ4n) is 2.34. The highest BCUT2D eigenvalue weighted by atomic mass is 32.1. The van der Waals surface area contributed by atoms with Crippen LogP contribution >= 0.6 is 11.3 Å². The van der Waals surface area contributed by atoms with Gasteiger partial charge >= 0.3 is 5.97 Å². The summed E-state index contributed by atoms with van der Waals surface area (Å²) in [7, 11) is 0. The topological polar surface area (TPSA) is 43.4 Å². The van der Waals surface area contributed by atoms with Crippen molar-refractivity contribution in [3.63, 3.8) is 0 Å². The fraction of sp³-hybridized carbons (Fsp3) is 0.100. The number of aryl methyl sites for hydroxylation is 1. The van der Waals surface area contributed by atoms with E-state index in [4.69, 9.17) is 4.74 Å². The van der Waals surface area contributed by atoms with Gasteiger partial charge in [0.25, 0.3) is 0 Å². The lowest BCUT2D eigenvalue weighted by Gasteiger charge is -2.06. The minimum Gasteiger partial charge on any atom is -0.453 e. The van der Waals surface area contributed by atoms with Crippen LogP contribution in [0.3, 0.4) is 0 Å². The van der Waals surface area contributed by atoms with Crippen LogP contribution in [-0.4, -0.2) is 18.4 Å². The van der Waals surface area contributed by atoms with Crippen molar-refractivity contribution in [3.05, 3.63) is 81.8 Å². The summed E-state index contributed by atoms with van der Waals surface area (Å²) in [5.74, 6) is -1.34. The third kappa shape index (κ3) is 4.00. The quantitative estimate of drug-likeness (QED) is 0.483. The maximum atomic E-state index is 12.9. The summed E-state index contributed by atoms with van der Waals surface area (Å²) < 4.78 is 18.0. The Hall–Kier alpha value is -2.79. The Labute approximate surface area is 148 Å². The Morgan fingerprint density at radius 3 is 2.36 bits per heavy atom. The lowest BCUT2D eigenvalue weighted by Crippen LogP contribution is -2.14. The van der Waals surface area contributed by atoms with E-state index in [0.29, 0.717) is 10.4 Å². The summed E-state index contributed by atoms with van der Waals surface area (Å²) in [5, 5.41) is 1.81. The predicted molar refractivity (Wildman–Crippen MR) is 95.5 cm³/mol. The van der Waals surface area contributed by atoms with E-state index in [9.17, 15) is 14.0 Å². The first-order valence-electron chi connectivity index (χ1n) is 7.65. The molecule has 0 spiro atoms. The number of Topliss-reactive ketones (excluding diaryl/α,β-unsaturated/α-hetero) is 1. The van der Waals surface area contributed by atoms with Crippen LogP contribution < -0.4 is 0 Å². The molecule has 5 heteroatoms. The molecule has 0 N–H and O–H groups in total. The standard InChI is InChI=1S/C20H15FO3S/c1-13-2-4-14(5-3-13)17-10-11-25-19(17)20(23)24-12-18(22)15-6-8-16(21)9-7-15/h2-11H,12H2,1H3. The molecule has 1 aromatic heterocycles. The summed E-state index contributed by atoms with van der Waals surface area (Å²) in [6, 6.07) is 14.8. The summed E-state index contributed by atoms with van der Waals surface area (Å²) in [4.78, 5) is 24.8. The van der Waals surface area contributed by atoms with Gasteiger partial charge in [-0.1, -0.05) is 29.8 Å². The molecule has 0 radical (unpaired) electrons. The van der Waals surface area contributed by atoms with Gasteiger partial charge in [0.1, 0.15) is 10.7 Å². The van der Waals surface area contributed by atoms with E-state index in [2.05, 4.69) is 0 Å². The summed E-state index contributed by atoms with van der Waals surface area (Å²) in [6.45, 7) is 1.61. The van der Waals surface area contributed by atoms with Crippen LogP contribution in [0.15, 0.2) is 60.0 Å². The minimum atomic E-state index is -0.541. The number of hydrogen-bond acceptors (Lipinski definition) is 4. The van der Waals surface area contributed by atoms with E-state index in [1.54, 1.807) is 0 Å². The number of rotatable bonds is 5. The van der Waals surface area contributed by atoms with E-state index in [1.807, 2.05) is 42.6 Å². The zero-order chi connectivity index (χ0) is 17.8. The van der Waals surface area contributed by atoms with Crippen LogP contribution in [0.5, 0.6) is 0 Å². The zero-order valence-electron chi connectivity index (χ0n) is 13.5. The molecule has 0 aliphatic carbocycles. The SMILES string of the molecule is Cc1ccc(-c2ccsc2C(=O)OCC(=O)c2ccc(F)cc2)cc1. The number of halogens is 1. The predicted octanol–water partition coefficient (Wildman–Crippen LogP) is 4.90. The van der Waals surface area contributed by atoms with Crippen LogP contribution in [0, 0.1) is 12.7 Å². The van der Waals surface area contributed by atoms with Gasteiger partial charge in [0, 0.05) is 11.1 Å². The van der Waals surface area contributed by atoms with Gasteiger partial charge in [-0.05, 0) is 48.2 Å². The maximum Gasteiger partial charge on any atom is 0.349 e. The van der Waals surface area contributed by atoms with E-state index in [0.717, 1.165) is 16.7 Å². The third-order valence-corrected chi connectivity index (χ3v) is 4.61. The highest BCUT2D eigenvalue weighted by Crippen LogP contribution is 2.29. The number of thiophene rings is 1. The first kappa shape index (κ1) is 17.0. The molecule has 1 heterocycles. The number of ketones is 1. The molecule has 0 atom stereocenters. The molecule has 3 aromatic rings. The number of hydrogen-bond donors (Lipinski definition) is 0. The molecule has 3 nitrogen and oxygen atoms in total. The second-order valence-corrected chi connectivity index (χ2v) is 6.45. The lowest BCUT2D eigenvalue weighted by molar-refractivity contribution is 0.0480. The molecule has 0 unspecified atom stereocenters. The minimum absolute atomic E-state index is 0.305. The largest absolute Gasteiger partial charge is 0.453 e. The van der Waals surface area contributed by atoms with Crippen molar-refractivity contribution in [3.8, 4) is 11.1 Å². The Kier molecular flexibility index (Phi) is 5.05. The van der Waals surface area contributed by atoms with Crippen molar-refractivity contribution in [1.82, 2.24) is 0 Å². The van der Waals surface area contributed by atoms with E-state index >= 15 is 0 Å². The molecule has 0 amide bonds. The Morgan fingerprint density at radius 2 is 1.68 bits per heavy atom. The van der Waals surface area contributed by atoms with Gasteiger partial charge in [0.05, 0.1) is 0 Å². The summed E-state index contributed by atoms with van der Waals surface area (Å²) in [5.41, 5.74) is 3.14. The molecule has 2 aromatic carbocycles. The summed E-state index contributed by atoms with van der Waals surface area (Å²) >= 11 is 1.27. The molecule has 0 saturated heterocycles. The van der Waals surface area contributed by atoms with E-state index in [-0.39, 0.29) is 12.4 Å². The first-order valence-corrected chi connectivity index (χ1v) is 8.53. The van der Waals surface area contributed by atoms with Gasteiger partial charge in [-0.15, -0.1) is 11.3 Å². The number of carbonyl (C=O) groups excluding carboxylic acids is 2. The van der Waals surface area contributed by atoms with Gasteiger partial charge in [0.15, 0.2) is 12.4 Å². The molecule has 0 saturated carbocycles. The van der Waals surface area contributed by atoms with Crippen LogP contribution in [0.1, 0.15) is 25.6 Å². The number of benzene rings is 2. The molecule has 3 rings (SSSR count). The van der Waals surface area contributed by atoms with Crippen LogP contribution in [0.4, 0.5) is 4.39 Å². The molecule has 0 aliphatic rings. The molecule has 0 fully saturated rings. The van der Waals surface area contributed by atoms with Crippen molar-refractivity contribution in [2.45, 2.75) is 6.92 Å². The average Bonchev–Trinajstić information content (AvgIpc) is 3.10. The molecule has 0 aliphatic heterocycles. The molecule has 0 bridgehead atoms. The van der Waals surface area contributed by atoms with Gasteiger partial charge in [-0.3, -0.25) is 4.79 Å². The molecule has 126 valence electrons. The second kappa shape index (κ2) is 7.40. The Balaban J connectivity index is 1.70. The van der Waals surface area contributed by atoms with Crippen molar-refractivity contribution in [2.24, 2.45) is 0 Å². The number of esters is 1. The maximum absolute atomic E-state index is 12.9. The van der Waals surface area contributed by atoms with Gasteiger partial charge in [0.2, 0.25) is 0 Å². The fourth-order valence-corrected chi connectivity index (χ4v) is 3.15. The summed E-state index contributed by atoms with van der Waals surface area (Å²) in [6.07, 6.45) is 0. The van der Waals surface area contributed by atoms with Crippen LogP contribution in [0.2, 0.25) is 0 Å². The molecular weight excluding hydrogens is 339 g/mol. The molecule has 25 heavy (non-hydrogen) atoms. The third-order valence-electron chi connectivity index (χ3n) is 3.71. The van der Waals surface area contributed by atoms with Gasteiger partial charge in [-0.25, -0.2) is 9.18 Å². The van der Waals surface area contributed by atoms with Crippen molar-refractivity contribution < 1.29 is 18.7 Å². The van der Waals surface area contributed by atoms with E-state index in [1.165, 1.54) is 35.6 Å². The number of ether oxygens (including phenoxy) is 1. The lowest BCUT2D eigenvalue weighted by atomic mass is 10.1. The van der Waals surface area contributed by atoms with Crippen molar-refractivity contribution in [1.29, 1.82) is 0 Å². The number of carbonyl (C=O) groups is 2. The zero-order valence-corrected chi connectivity index (χ0v) is 14.3. The Morgan fingerprint density at radius 1 is 1.00 bits per heavy atom. The second-order valence-electron chi connectivity index (χ2n) is 5.54. The monoisotopic (exact) mass is 354 g/mol. The van der Waals surface area contributed by atoms with Gasteiger partial charge in [-0.2, -0.15) is 0 Å². The Bertz CT molecular complexity index is 895. The first-order chi connectivity index (χ1) is 12.0.